The average Bonchev–Trinajstić information content (AvgIpc) is 2.77. The van der Waals surface area contributed by atoms with Crippen LogP contribution in [0.2, 0.25) is 0 Å². The molecule has 0 aromatic carbocycles. The van der Waals surface area contributed by atoms with Crippen LogP contribution in [0.15, 0.2) is 18.2 Å². The van der Waals surface area contributed by atoms with Crippen LogP contribution in [0.1, 0.15) is 29.8 Å². The number of carbonyl (C=O) groups is 2. The van der Waals surface area contributed by atoms with Gasteiger partial charge in [0.15, 0.2) is 0 Å². The van der Waals surface area contributed by atoms with Crippen LogP contribution in [-0.4, -0.2) is 28.0 Å². The summed E-state index contributed by atoms with van der Waals surface area (Å²) in [6.45, 7) is 0. The zero-order chi connectivity index (χ0) is 13.1. The van der Waals surface area contributed by atoms with E-state index in [9.17, 15) is 14.0 Å². The fourth-order valence-electron chi connectivity index (χ4n) is 2.21. The summed E-state index contributed by atoms with van der Waals surface area (Å²) in [7, 11) is 0. The van der Waals surface area contributed by atoms with Gasteiger partial charge in [0.05, 0.1) is 5.92 Å². The maximum absolute atomic E-state index is 12.9. The van der Waals surface area contributed by atoms with Gasteiger partial charge in [0.2, 0.25) is 5.95 Å². The van der Waals surface area contributed by atoms with E-state index in [0.717, 1.165) is 12.5 Å². The number of carbonyl (C=O) groups excluding carboxylic acids is 1. The minimum Gasteiger partial charge on any atom is -0.481 e. The van der Waals surface area contributed by atoms with Crippen molar-refractivity contribution < 1.29 is 19.1 Å². The molecule has 2 N–H and O–H groups in total. The molecule has 2 unspecified atom stereocenters. The number of rotatable bonds is 3. The minimum atomic E-state index is -0.912. The zero-order valence-corrected chi connectivity index (χ0v) is 9.60. The van der Waals surface area contributed by atoms with E-state index in [1.54, 1.807) is 0 Å². The Labute approximate surface area is 103 Å². The molecule has 6 heteroatoms. The van der Waals surface area contributed by atoms with E-state index in [-0.39, 0.29) is 5.69 Å². The molecule has 2 rings (SSSR count). The summed E-state index contributed by atoms with van der Waals surface area (Å²) in [5, 5.41) is 11.6. The molecule has 1 amide bonds. The summed E-state index contributed by atoms with van der Waals surface area (Å²) in [5.41, 5.74) is -0.0361. The van der Waals surface area contributed by atoms with Crippen molar-refractivity contribution in [3.63, 3.8) is 0 Å². The van der Waals surface area contributed by atoms with E-state index in [4.69, 9.17) is 5.11 Å². The van der Waals surface area contributed by atoms with Gasteiger partial charge in [-0.15, -0.1) is 0 Å². The number of amides is 1. The van der Waals surface area contributed by atoms with E-state index < -0.39 is 29.8 Å². The molecule has 1 aliphatic carbocycles. The molecule has 5 nitrogen and oxygen atoms in total. The average molecular weight is 252 g/mol. The van der Waals surface area contributed by atoms with Crippen molar-refractivity contribution in [3.05, 3.63) is 29.8 Å². The molecule has 0 radical (unpaired) electrons. The Kier molecular flexibility index (Phi) is 3.55. The third-order valence-electron chi connectivity index (χ3n) is 3.10. The fourth-order valence-corrected chi connectivity index (χ4v) is 2.21. The first-order valence-corrected chi connectivity index (χ1v) is 5.74. The maximum Gasteiger partial charge on any atom is 0.308 e. The number of nitrogens with zero attached hydrogens (tertiary/aromatic N) is 1. The Morgan fingerprint density at radius 2 is 2.17 bits per heavy atom. The zero-order valence-electron chi connectivity index (χ0n) is 9.60. The van der Waals surface area contributed by atoms with Gasteiger partial charge in [-0.3, -0.25) is 9.59 Å². The minimum absolute atomic E-state index is 0.0361. The second-order valence-electron chi connectivity index (χ2n) is 4.30. The first-order chi connectivity index (χ1) is 8.58. The molecule has 0 spiro atoms. The van der Waals surface area contributed by atoms with Crippen LogP contribution >= 0.6 is 0 Å². The van der Waals surface area contributed by atoms with Crippen LogP contribution in [-0.2, 0) is 4.79 Å². The third-order valence-corrected chi connectivity index (χ3v) is 3.10. The van der Waals surface area contributed by atoms with Crippen LogP contribution in [0.25, 0.3) is 0 Å². The third kappa shape index (κ3) is 2.64. The molecule has 0 aliphatic heterocycles. The lowest BCUT2D eigenvalue weighted by molar-refractivity contribution is -0.142. The van der Waals surface area contributed by atoms with Crippen molar-refractivity contribution in [1.29, 1.82) is 0 Å². The van der Waals surface area contributed by atoms with Crippen molar-refractivity contribution in [2.24, 2.45) is 5.92 Å². The van der Waals surface area contributed by atoms with Crippen LogP contribution in [0.4, 0.5) is 4.39 Å². The number of aliphatic carboxylic acids is 1. The highest BCUT2D eigenvalue weighted by atomic mass is 19.1. The number of carboxylic acids is 1. The summed E-state index contributed by atoms with van der Waals surface area (Å²) in [5.74, 6) is -2.75. The Morgan fingerprint density at radius 3 is 2.83 bits per heavy atom. The molecule has 0 saturated heterocycles. The van der Waals surface area contributed by atoms with Gasteiger partial charge in [0, 0.05) is 6.04 Å². The number of carboxylic acid groups (broad SMARTS) is 1. The Bertz CT molecular complexity index is 478. The van der Waals surface area contributed by atoms with Crippen molar-refractivity contribution in [3.8, 4) is 0 Å². The van der Waals surface area contributed by atoms with Crippen LogP contribution in [0.3, 0.4) is 0 Å². The number of halogens is 1. The van der Waals surface area contributed by atoms with Crippen LogP contribution in [0, 0.1) is 11.9 Å². The fraction of sp³-hybridized carbons (Fsp3) is 0.417. The molecule has 0 bridgehead atoms. The normalized spacial score (nSPS) is 22.7. The van der Waals surface area contributed by atoms with Gasteiger partial charge in [-0.05, 0) is 25.0 Å². The monoisotopic (exact) mass is 252 g/mol. The van der Waals surface area contributed by atoms with Gasteiger partial charge in [0.1, 0.15) is 5.69 Å². The van der Waals surface area contributed by atoms with E-state index in [0.29, 0.717) is 12.8 Å². The molecule has 1 saturated carbocycles. The molecule has 1 fully saturated rings. The smallest absolute Gasteiger partial charge is 0.308 e. The highest BCUT2D eigenvalue weighted by Crippen LogP contribution is 2.25. The first-order valence-electron chi connectivity index (χ1n) is 5.74. The Hall–Kier alpha value is -1.98. The number of hydrogen-bond acceptors (Lipinski definition) is 3. The maximum atomic E-state index is 12.9. The molecule has 2 atom stereocenters. The molecule has 1 aromatic rings. The molecular formula is C12H13FN2O3. The van der Waals surface area contributed by atoms with Gasteiger partial charge in [-0.2, -0.15) is 4.39 Å². The molecule has 1 heterocycles. The van der Waals surface area contributed by atoms with Gasteiger partial charge in [-0.1, -0.05) is 12.5 Å². The second kappa shape index (κ2) is 5.12. The van der Waals surface area contributed by atoms with Crippen molar-refractivity contribution in [1.82, 2.24) is 10.3 Å². The van der Waals surface area contributed by atoms with Crippen molar-refractivity contribution in [2.75, 3.05) is 0 Å². The Morgan fingerprint density at radius 1 is 1.39 bits per heavy atom. The largest absolute Gasteiger partial charge is 0.481 e. The van der Waals surface area contributed by atoms with E-state index in [1.807, 2.05) is 0 Å². The van der Waals surface area contributed by atoms with Crippen LogP contribution in [0.5, 0.6) is 0 Å². The second-order valence-corrected chi connectivity index (χ2v) is 4.30. The number of pyridine rings is 1. The topological polar surface area (TPSA) is 79.3 Å². The lowest BCUT2D eigenvalue weighted by atomic mass is 10.0. The SMILES string of the molecule is O=C(NC1CCCC1C(=O)O)c1cccc(F)n1. The predicted octanol–water partition coefficient (Wildman–Crippen LogP) is 1.20. The standard InChI is InChI=1S/C12H13FN2O3/c13-10-6-2-5-9(14-10)11(16)15-8-4-1-3-7(8)12(17)18/h2,5-8H,1,3-4H2,(H,15,16)(H,17,18). The number of aromatic nitrogens is 1. The van der Waals surface area contributed by atoms with Crippen molar-refractivity contribution >= 4 is 11.9 Å². The highest BCUT2D eigenvalue weighted by molar-refractivity contribution is 5.92. The van der Waals surface area contributed by atoms with Gasteiger partial charge >= 0.3 is 5.97 Å². The van der Waals surface area contributed by atoms with Gasteiger partial charge in [-0.25, -0.2) is 4.98 Å². The number of nitrogens with one attached hydrogen (secondary N) is 1. The lowest BCUT2D eigenvalue weighted by Crippen LogP contribution is -2.40. The van der Waals surface area contributed by atoms with Crippen molar-refractivity contribution in [2.45, 2.75) is 25.3 Å². The molecule has 1 aromatic heterocycles. The summed E-state index contributed by atoms with van der Waals surface area (Å²) in [6.07, 6.45) is 1.94. The number of hydrogen-bond donors (Lipinski definition) is 2. The first kappa shape index (κ1) is 12.5. The molecule has 18 heavy (non-hydrogen) atoms. The molecule has 96 valence electrons. The molecule has 1 aliphatic rings. The molecular weight excluding hydrogens is 239 g/mol. The predicted molar refractivity (Wildman–Crippen MR) is 60.4 cm³/mol. The highest BCUT2D eigenvalue weighted by Gasteiger charge is 2.34. The quantitative estimate of drug-likeness (QED) is 0.792. The van der Waals surface area contributed by atoms with E-state index >= 15 is 0 Å². The summed E-state index contributed by atoms with van der Waals surface area (Å²) >= 11 is 0. The summed E-state index contributed by atoms with van der Waals surface area (Å²) in [6, 6.07) is 3.52. The summed E-state index contributed by atoms with van der Waals surface area (Å²) < 4.78 is 12.9. The van der Waals surface area contributed by atoms with Crippen LogP contribution < -0.4 is 5.32 Å². The Balaban J connectivity index is 2.05. The van der Waals surface area contributed by atoms with E-state index in [1.165, 1.54) is 12.1 Å². The lowest BCUT2D eigenvalue weighted by Gasteiger charge is -2.17. The van der Waals surface area contributed by atoms with E-state index in [2.05, 4.69) is 10.3 Å². The summed E-state index contributed by atoms with van der Waals surface area (Å²) in [4.78, 5) is 26.2. The van der Waals surface area contributed by atoms with Gasteiger partial charge in [0.25, 0.3) is 5.91 Å². The van der Waals surface area contributed by atoms with Gasteiger partial charge < -0.3 is 10.4 Å².